The van der Waals surface area contributed by atoms with Crippen molar-refractivity contribution < 1.29 is 56.4 Å². The number of carbonyl (C=O) groups is 5. The lowest BCUT2D eigenvalue weighted by atomic mass is 9.87. The molecular formula is C36H44F2N2O10. The van der Waals surface area contributed by atoms with E-state index < -0.39 is 66.0 Å². The lowest BCUT2D eigenvalue weighted by Gasteiger charge is -2.36. The third-order valence-electron chi connectivity index (χ3n) is 8.03. The normalized spacial score (nSPS) is 15.2. The van der Waals surface area contributed by atoms with Crippen LogP contribution in [0.15, 0.2) is 42.6 Å². The molecule has 0 spiro atoms. The number of benzene rings is 2. The van der Waals surface area contributed by atoms with Crippen molar-refractivity contribution in [2.75, 3.05) is 41.0 Å². The molecule has 1 N–H and O–H groups in total. The first-order valence-corrected chi connectivity index (χ1v) is 16.1. The summed E-state index contributed by atoms with van der Waals surface area (Å²) in [7, 11) is 4.54. The van der Waals surface area contributed by atoms with Crippen molar-refractivity contribution in [1.29, 1.82) is 0 Å². The molecule has 2 aromatic rings. The van der Waals surface area contributed by atoms with Crippen LogP contribution in [0.5, 0.6) is 17.2 Å². The van der Waals surface area contributed by atoms with Crippen LogP contribution in [0.4, 0.5) is 8.78 Å². The Hall–Kier alpha value is -5.01. The summed E-state index contributed by atoms with van der Waals surface area (Å²) in [6.45, 7) is 3.45. The van der Waals surface area contributed by atoms with Crippen molar-refractivity contribution in [3.8, 4) is 17.2 Å². The van der Waals surface area contributed by atoms with Crippen molar-refractivity contribution >= 4 is 29.4 Å². The van der Waals surface area contributed by atoms with Gasteiger partial charge in [-0.3, -0.25) is 14.4 Å². The highest BCUT2D eigenvalue weighted by Gasteiger charge is 2.42. The fourth-order valence-corrected chi connectivity index (χ4v) is 5.27. The smallest absolute Gasteiger partial charge is 0.332 e. The first kappa shape index (κ1) is 39.4. The maximum absolute atomic E-state index is 15.4. The molecule has 50 heavy (non-hydrogen) atoms. The lowest BCUT2D eigenvalue weighted by Crippen LogP contribution is -2.53. The summed E-state index contributed by atoms with van der Waals surface area (Å²) in [5.41, 5.74) is -1.05. The van der Waals surface area contributed by atoms with Gasteiger partial charge in [-0.1, -0.05) is 6.07 Å². The van der Waals surface area contributed by atoms with Crippen molar-refractivity contribution in [2.45, 2.75) is 65.0 Å². The van der Waals surface area contributed by atoms with Crippen LogP contribution >= 0.6 is 0 Å². The van der Waals surface area contributed by atoms with E-state index in [1.165, 1.54) is 41.2 Å². The summed E-state index contributed by atoms with van der Waals surface area (Å²) in [6, 6.07) is 5.87. The number of ether oxygens (including phenoxy) is 5. The van der Waals surface area contributed by atoms with Crippen LogP contribution in [0.25, 0.3) is 0 Å². The Labute approximate surface area is 290 Å². The summed E-state index contributed by atoms with van der Waals surface area (Å²) >= 11 is 0. The van der Waals surface area contributed by atoms with E-state index in [4.69, 9.17) is 23.7 Å². The maximum Gasteiger partial charge on any atom is 0.332 e. The molecule has 1 aliphatic heterocycles. The number of likely N-dealkylation sites (tertiary alicyclic amines) is 1. The summed E-state index contributed by atoms with van der Waals surface area (Å²) in [5, 5.41) is 2.64. The highest BCUT2D eigenvalue weighted by Crippen LogP contribution is 2.34. The van der Waals surface area contributed by atoms with Gasteiger partial charge in [0, 0.05) is 37.5 Å². The van der Waals surface area contributed by atoms with Crippen molar-refractivity contribution in [3.63, 3.8) is 0 Å². The molecule has 0 unspecified atom stereocenters. The summed E-state index contributed by atoms with van der Waals surface area (Å²) < 4.78 is 57.3. The Bertz CT molecular complexity index is 1590. The second-order valence-electron chi connectivity index (χ2n) is 12.4. The van der Waals surface area contributed by atoms with Crippen molar-refractivity contribution in [3.05, 3.63) is 65.4 Å². The van der Waals surface area contributed by atoms with Crippen LogP contribution in [0.3, 0.4) is 0 Å². The fraction of sp³-hybridized carbons (Fsp3) is 0.472. The monoisotopic (exact) mass is 702 g/mol. The van der Waals surface area contributed by atoms with Gasteiger partial charge in [-0.2, -0.15) is 0 Å². The Morgan fingerprint density at radius 3 is 2.42 bits per heavy atom. The molecule has 1 aliphatic rings. The number of esters is 2. The molecule has 12 nitrogen and oxygen atoms in total. The molecule has 0 bridgehead atoms. The zero-order valence-corrected chi connectivity index (χ0v) is 29.1. The molecule has 14 heteroatoms. The minimum absolute atomic E-state index is 0.0340. The third-order valence-corrected chi connectivity index (χ3v) is 8.03. The average Bonchev–Trinajstić information content (AvgIpc) is 3.11. The zero-order valence-electron chi connectivity index (χ0n) is 29.1. The van der Waals surface area contributed by atoms with E-state index in [-0.39, 0.29) is 42.9 Å². The van der Waals surface area contributed by atoms with Gasteiger partial charge in [0.05, 0.1) is 19.6 Å². The van der Waals surface area contributed by atoms with Crippen LogP contribution in [-0.2, 0) is 39.9 Å². The van der Waals surface area contributed by atoms with Gasteiger partial charge >= 0.3 is 11.9 Å². The van der Waals surface area contributed by atoms with Gasteiger partial charge in [-0.15, -0.1) is 0 Å². The Morgan fingerprint density at radius 1 is 1.04 bits per heavy atom. The number of ketones is 2. The molecule has 272 valence electrons. The molecule has 0 saturated carbocycles. The average molecular weight is 703 g/mol. The number of piperidine rings is 1. The van der Waals surface area contributed by atoms with Gasteiger partial charge in [0.1, 0.15) is 31.1 Å². The van der Waals surface area contributed by atoms with Gasteiger partial charge in [0.2, 0.25) is 5.78 Å². The van der Waals surface area contributed by atoms with Crippen LogP contribution in [0.1, 0.15) is 63.7 Å². The molecule has 2 atom stereocenters. The molecule has 2 aromatic carbocycles. The Morgan fingerprint density at radius 2 is 1.76 bits per heavy atom. The maximum atomic E-state index is 15.4. The first-order valence-electron chi connectivity index (χ1n) is 16.1. The topological polar surface area (TPSA) is 147 Å². The van der Waals surface area contributed by atoms with Gasteiger partial charge in [-0.05, 0) is 76.6 Å². The fourth-order valence-electron chi connectivity index (χ4n) is 5.27. The number of Topliss-reactive ketones (excluding diaryl/α,β-unsaturated/α-hetero) is 2. The van der Waals surface area contributed by atoms with E-state index in [2.05, 4.69) is 5.32 Å². The second kappa shape index (κ2) is 18.1. The van der Waals surface area contributed by atoms with E-state index in [0.29, 0.717) is 29.9 Å². The minimum Gasteiger partial charge on any atom is -0.493 e. The summed E-state index contributed by atoms with van der Waals surface area (Å²) in [6.07, 6.45) is 2.47. The van der Waals surface area contributed by atoms with Crippen molar-refractivity contribution in [1.82, 2.24) is 10.2 Å². The van der Waals surface area contributed by atoms with E-state index >= 15 is 4.39 Å². The number of amides is 1. The van der Waals surface area contributed by atoms with E-state index in [0.717, 1.165) is 23.1 Å². The van der Waals surface area contributed by atoms with E-state index in [1.807, 2.05) is 0 Å². The number of aryl methyl sites for hydroxylation is 1. The number of halogens is 2. The second-order valence-corrected chi connectivity index (χ2v) is 12.4. The van der Waals surface area contributed by atoms with Gasteiger partial charge in [0.15, 0.2) is 28.9 Å². The highest BCUT2D eigenvalue weighted by atomic mass is 19.2. The molecule has 1 saturated heterocycles. The number of nitrogens with one attached hydrogen (secondary N) is 1. The predicted molar refractivity (Wildman–Crippen MR) is 177 cm³/mol. The molecule has 1 heterocycles. The van der Waals surface area contributed by atoms with E-state index in [9.17, 15) is 28.4 Å². The quantitative estimate of drug-likeness (QED) is 0.142. The number of rotatable bonds is 17. The van der Waals surface area contributed by atoms with Crippen LogP contribution in [0, 0.1) is 17.0 Å². The molecule has 0 aromatic heterocycles. The standard InChI is InChI=1S/C36H44F2N2O10/c1-22(41)20-48-24-18-25(32(38)26(37)19-24)28(12-10-23-11-13-29(46-5)30(17-23)47-6)50-35(45)27-9-7-8-16-40(27)34(44)33(43)36(2,3)21-49-31(42)14-15-39-4/h11,13-15,17-19,27-28,39H,7-10,12,16,20-21H2,1-6H3/b15-14-/t27-,28+/m0/s1. The van der Waals surface area contributed by atoms with Crippen LogP contribution in [-0.4, -0.2) is 81.4 Å². The Balaban J connectivity index is 1.90. The summed E-state index contributed by atoms with van der Waals surface area (Å²) in [5.74, 6) is -5.62. The van der Waals surface area contributed by atoms with Crippen LogP contribution < -0.4 is 19.5 Å². The van der Waals surface area contributed by atoms with Gasteiger partial charge in [0.25, 0.3) is 5.91 Å². The highest BCUT2D eigenvalue weighted by molar-refractivity contribution is 6.38. The SMILES string of the molecule is CN/C=C\C(=O)OCC(C)(C)C(=O)C(=O)N1CCCC[C@H]1C(=O)O[C@H](CCc1ccc(OC)c(OC)c1)c1cc(OCC(C)=O)cc(F)c1F. The van der Waals surface area contributed by atoms with Gasteiger partial charge in [-0.25, -0.2) is 18.4 Å². The van der Waals surface area contributed by atoms with E-state index in [1.54, 1.807) is 25.2 Å². The van der Waals surface area contributed by atoms with Crippen LogP contribution in [0.2, 0.25) is 0 Å². The minimum atomic E-state index is -1.42. The van der Waals surface area contributed by atoms with Crippen molar-refractivity contribution in [2.24, 2.45) is 5.41 Å². The largest absolute Gasteiger partial charge is 0.493 e. The molecule has 1 amide bonds. The molecule has 3 rings (SSSR count). The summed E-state index contributed by atoms with van der Waals surface area (Å²) in [4.78, 5) is 65.3. The number of methoxy groups -OCH3 is 2. The molecule has 1 fully saturated rings. The molecular weight excluding hydrogens is 658 g/mol. The zero-order chi connectivity index (χ0) is 37.0. The first-order chi connectivity index (χ1) is 23.7. The molecule has 0 radical (unpaired) electrons. The number of hydrogen-bond acceptors (Lipinski definition) is 11. The number of nitrogens with zero attached hydrogens (tertiary/aromatic N) is 1. The molecule has 0 aliphatic carbocycles. The third kappa shape index (κ3) is 10.5. The number of hydrogen-bond donors (Lipinski definition) is 1. The Kier molecular flexibility index (Phi) is 14.3. The lowest BCUT2D eigenvalue weighted by molar-refractivity contribution is -0.165. The van der Waals surface area contributed by atoms with Gasteiger partial charge < -0.3 is 33.9 Å². The predicted octanol–water partition coefficient (Wildman–Crippen LogP) is 4.42. The number of carbonyl (C=O) groups excluding carboxylic acids is 5.